The number of halogens is 4. The Kier molecular flexibility index (Phi) is 5.03. The van der Waals surface area contributed by atoms with Crippen molar-refractivity contribution in [2.75, 3.05) is 5.75 Å². The van der Waals surface area contributed by atoms with Crippen molar-refractivity contribution in [1.82, 2.24) is 0 Å². The van der Waals surface area contributed by atoms with Crippen LogP contribution in [0.15, 0.2) is 41.6 Å². The summed E-state index contributed by atoms with van der Waals surface area (Å²) in [6.45, 7) is 1.74. The van der Waals surface area contributed by atoms with Gasteiger partial charge in [-0.25, -0.2) is 17.6 Å². The van der Waals surface area contributed by atoms with Crippen LogP contribution in [0, 0.1) is 23.3 Å². The van der Waals surface area contributed by atoms with Crippen LogP contribution in [0.25, 0.3) is 0 Å². The van der Waals surface area contributed by atoms with Gasteiger partial charge in [0.15, 0.2) is 0 Å². The van der Waals surface area contributed by atoms with E-state index in [2.05, 4.69) is 5.16 Å². The monoisotopic (exact) mass is 369 g/mol. The SMILES string of the molecule is CC1(CSCc2c(F)cccc2F)CC(c2c(F)cccc2F)=NO1. The van der Waals surface area contributed by atoms with Crippen LogP contribution in [0.4, 0.5) is 17.6 Å². The van der Waals surface area contributed by atoms with Gasteiger partial charge in [0.05, 0.1) is 11.3 Å². The Morgan fingerprint density at radius 3 is 2.16 bits per heavy atom. The molecule has 0 saturated carbocycles. The fourth-order valence-electron chi connectivity index (χ4n) is 2.61. The topological polar surface area (TPSA) is 21.6 Å². The molecule has 1 unspecified atom stereocenters. The second-order valence-electron chi connectivity index (χ2n) is 6.05. The molecule has 0 aliphatic carbocycles. The van der Waals surface area contributed by atoms with E-state index >= 15 is 0 Å². The van der Waals surface area contributed by atoms with Gasteiger partial charge in [-0.05, 0) is 31.2 Å². The predicted octanol–water partition coefficient (Wildman–Crippen LogP) is 5.06. The van der Waals surface area contributed by atoms with E-state index < -0.39 is 28.9 Å². The van der Waals surface area contributed by atoms with Crippen molar-refractivity contribution in [3.8, 4) is 0 Å². The Balaban J connectivity index is 1.64. The molecule has 0 N–H and O–H groups in total. The van der Waals surface area contributed by atoms with Gasteiger partial charge in [0, 0.05) is 23.5 Å². The van der Waals surface area contributed by atoms with Crippen molar-refractivity contribution in [1.29, 1.82) is 0 Å². The molecule has 2 aromatic rings. The van der Waals surface area contributed by atoms with Gasteiger partial charge in [0.1, 0.15) is 28.9 Å². The van der Waals surface area contributed by atoms with E-state index in [9.17, 15) is 17.6 Å². The molecule has 0 radical (unpaired) electrons. The first kappa shape index (κ1) is 17.8. The summed E-state index contributed by atoms with van der Waals surface area (Å²) in [5.74, 6) is -2.11. The summed E-state index contributed by atoms with van der Waals surface area (Å²) in [6.07, 6.45) is 0.206. The minimum atomic E-state index is -0.795. The summed E-state index contributed by atoms with van der Waals surface area (Å²) in [6, 6.07) is 7.31. The van der Waals surface area contributed by atoms with Crippen LogP contribution in [0.2, 0.25) is 0 Å². The molecular weight excluding hydrogens is 354 g/mol. The molecule has 0 fully saturated rings. The van der Waals surface area contributed by atoms with Gasteiger partial charge in [-0.1, -0.05) is 17.3 Å². The van der Waals surface area contributed by atoms with Gasteiger partial charge in [-0.15, -0.1) is 0 Å². The van der Waals surface area contributed by atoms with Crippen LogP contribution in [-0.4, -0.2) is 17.1 Å². The maximum atomic E-state index is 13.9. The molecule has 1 aliphatic heterocycles. The Hall–Kier alpha value is -2.02. The molecule has 2 aromatic carbocycles. The molecule has 3 rings (SSSR count). The zero-order valence-electron chi connectivity index (χ0n) is 13.4. The summed E-state index contributed by atoms with van der Waals surface area (Å²) in [5, 5.41) is 3.82. The zero-order valence-corrected chi connectivity index (χ0v) is 14.2. The molecule has 1 aliphatic rings. The van der Waals surface area contributed by atoms with E-state index in [1.165, 1.54) is 36.0 Å². The molecule has 25 heavy (non-hydrogen) atoms. The molecule has 132 valence electrons. The van der Waals surface area contributed by atoms with Gasteiger partial charge in [0.2, 0.25) is 0 Å². The molecular formula is C18H15F4NOS. The first-order valence-corrected chi connectivity index (χ1v) is 8.75. The van der Waals surface area contributed by atoms with Crippen molar-refractivity contribution >= 4 is 17.5 Å². The fraction of sp³-hybridized carbons (Fsp3) is 0.278. The van der Waals surface area contributed by atoms with Crippen LogP contribution < -0.4 is 0 Å². The summed E-state index contributed by atoms with van der Waals surface area (Å²) < 4.78 is 55.0. The molecule has 2 nitrogen and oxygen atoms in total. The number of nitrogens with zero attached hydrogens (tertiary/aromatic N) is 1. The standard InChI is InChI=1S/C18H15F4NOS/c1-18(10-25-9-11-12(19)4-2-5-13(11)20)8-16(23-24-18)17-14(21)6-3-7-15(17)22/h2-7H,8-10H2,1H3. The second-order valence-corrected chi connectivity index (χ2v) is 7.03. The highest BCUT2D eigenvalue weighted by molar-refractivity contribution is 7.98. The van der Waals surface area contributed by atoms with E-state index in [1.54, 1.807) is 6.92 Å². The lowest BCUT2D eigenvalue weighted by Gasteiger charge is -2.21. The largest absolute Gasteiger partial charge is 0.388 e. The van der Waals surface area contributed by atoms with Crippen molar-refractivity contribution in [3.05, 3.63) is 70.8 Å². The van der Waals surface area contributed by atoms with Crippen molar-refractivity contribution in [3.63, 3.8) is 0 Å². The quantitative estimate of drug-likeness (QED) is 0.687. The molecule has 0 saturated heterocycles. The average Bonchev–Trinajstić information content (AvgIpc) is 2.92. The van der Waals surface area contributed by atoms with E-state index in [4.69, 9.17) is 4.84 Å². The lowest BCUT2D eigenvalue weighted by Crippen LogP contribution is -2.28. The highest BCUT2D eigenvalue weighted by atomic mass is 32.2. The fourth-order valence-corrected chi connectivity index (χ4v) is 3.78. The molecule has 1 heterocycles. The maximum absolute atomic E-state index is 13.9. The van der Waals surface area contributed by atoms with Crippen molar-refractivity contribution in [2.24, 2.45) is 5.16 Å². The van der Waals surface area contributed by atoms with Crippen LogP contribution in [0.3, 0.4) is 0 Å². The Morgan fingerprint density at radius 1 is 1.00 bits per heavy atom. The number of rotatable bonds is 5. The Morgan fingerprint density at radius 2 is 1.56 bits per heavy atom. The van der Waals surface area contributed by atoms with Gasteiger partial charge >= 0.3 is 0 Å². The van der Waals surface area contributed by atoms with Crippen LogP contribution in [-0.2, 0) is 10.6 Å². The van der Waals surface area contributed by atoms with Gasteiger partial charge in [-0.2, -0.15) is 11.8 Å². The Labute approximate surface area is 146 Å². The first-order chi connectivity index (χ1) is 11.9. The van der Waals surface area contributed by atoms with Crippen LogP contribution >= 0.6 is 11.8 Å². The Bertz CT molecular complexity index is 786. The summed E-state index contributed by atoms with van der Waals surface area (Å²) in [4.78, 5) is 5.36. The van der Waals surface area contributed by atoms with Crippen LogP contribution in [0.1, 0.15) is 24.5 Å². The molecule has 0 bridgehead atoms. The zero-order chi connectivity index (χ0) is 18.0. The molecule has 0 amide bonds. The number of hydrogen-bond acceptors (Lipinski definition) is 3. The number of oxime groups is 1. The smallest absolute Gasteiger partial charge is 0.149 e. The average molecular weight is 369 g/mol. The third-order valence-electron chi connectivity index (χ3n) is 3.88. The minimum Gasteiger partial charge on any atom is -0.388 e. The van der Waals surface area contributed by atoms with Gasteiger partial charge in [-0.3, -0.25) is 0 Å². The summed E-state index contributed by atoms with van der Waals surface area (Å²) in [7, 11) is 0. The molecule has 0 aromatic heterocycles. The van der Waals surface area contributed by atoms with E-state index in [1.807, 2.05) is 0 Å². The molecule has 0 spiro atoms. The van der Waals surface area contributed by atoms with Crippen LogP contribution in [0.5, 0.6) is 0 Å². The lowest BCUT2D eigenvalue weighted by atomic mass is 9.97. The normalized spacial score (nSPS) is 19.6. The number of hydrogen-bond donors (Lipinski definition) is 0. The second kappa shape index (κ2) is 7.07. The maximum Gasteiger partial charge on any atom is 0.149 e. The van der Waals surface area contributed by atoms with E-state index in [-0.39, 0.29) is 29.0 Å². The number of thioether (sulfide) groups is 1. The highest BCUT2D eigenvalue weighted by Crippen LogP contribution is 2.32. The van der Waals surface area contributed by atoms with Crippen molar-refractivity contribution in [2.45, 2.75) is 24.7 Å². The third-order valence-corrected chi connectivity index (χ3v) is 5.19. The molecule has 7 heteroatoms. The summed E-state index contributed by atoms with van der Waals surface area (Å²) in [5.41, 5.74) is -0.807. The highest BCUT2D eigenvalue weighted by Gasteiger charge is 2.36. The van der Waals surface area contributed by atoms with Crippen molar-refractivity contribution < 1.29 is 22.4 Å². The number of benzene rings is 2. The first-order valence-electron chi connectivity index (χ1n) is 7.60. The van der Waals surface area contributed by atoms with E-state index in [0.717, 1.165) is 12.1 Å². The minimum absolute atomic E-state index is 0.00427. The van der Waals surface area contributed by atoms with E-state index in [0.29, 0.717) is 5.75 Å². The van der Waals surface area contributed by atoms with Gasteiger partial charge < -0.3 is 4.84 Å². The molecule has 1 atom stereocenters. The predicted molar refractivity (Wildman–Crippen MR) is 89.5 cm³/mol. The lowest BCUT2D eigenvalue weighted by molar-refractivity contribution is 0.0163. The third kappa shape index (κ3) is 3.81. The van der Waals surface area contributed by atoms with Gasteiger partial charge in [0.25, 0.3) is 0 Å². The summed E-state index contributed by atoms with van der Waals surface area (Å²) >= 11 is 1.27.